The van der Waals surface area contributed by atoms with Crippen molar-refractivity contribution in [3.8, 4) is 17.3 Å². The molecule has 0 bridgehead atoms. The van der Waals surface area contributed by atoms with Crippen LogP contribution in [0.2, 0.25) is 0 Å². The predicted octanol–water partition coefficient (Wildman–Crippen LogP) is 4.05. The number of nitrogens with one attached hydrogen (secondary N) is 2. The number of hydrogen-bond donors (Lipinski definition) is 2. The van der Waals surface area contributed by atoms with E-state index in [1.807, 2.05) is 18.2 Å². The van der Waals surface area contributed by atoms with Crippen molar-refractivity contribution in [2.24, 2.45) is 0 Å². The quantitative estimate of drug-likeness (QED) is 0.463. The normalized spacial score (nSPS) is 19.3. The minimum atomic E-state index is 0.187. The predicted molar refractivity (Wildman–Crippen MR) is 132 cm³/mol. The Hall–Kier alpha value is -3.10. The number of hydrogen-bond acceptors (Lipinski definition) is 6. The Balaban J connectivity index is 1.44. The molecule has 1 aliphatic rings. The lowest BCUT2D eigenvalue weighted by atomic mass is 10.1. The minimum absolute atomic E-state index is 0.187. The first kappa shape index (κ1) is 21.7. The van der Waals surface area contributed by atoms with E-state index in [9.17, 15) is 0 Å². The first-order valence-electron chi connectivity index (χ1n) is 11.5. The second kappa shape index (κ2) is 8.68. The number of nitrogens with zero attached hydrogens (tertiary/aromatic N) is 4. The lowest BCUT2D eigenvalue weighted by Crippen LogP contribution is -2.52. The Morgan fingerprint density at radius 1 is 1.21 bits per heavy atom. The van der Waals surface area contributed by atoms with Crippen LogP contribution in [0, 0.1) is 0 Å². The molecule has 8 nitrogen and oxygen atoms in total. The zero-order valence-corrected chi connectivity index (χ0v) is 19.9. The number of anilines is 1. The summed E-state index contributed by atoms with van der Waals surface area (Å²) in [4.78, 5) is 13.1. The number of fused-ring (bicyclic) bond motifs is 2. The van der Waals surface area contributed by atoms with E-state index in [-0.39, 0.29) is 6.10 Å². The number of benzene rings is 2. The first-order chi connectivity index (χ1) is 15.9. The van der Waals surface area contributed by atoms with E-state index in [0.29, 0.717) is 12.1 Å². The molecule has 2 aromatic carbocycles. The van der Waals surface area contributed by atoms with Crippen molar-refractivity contribution in [1.29, 1.82) is 0 Å². The molecule has 8 heteroatoms. The topological polar surface area (TPSA) is 82.3 Å². The van der Waals surface area contributed by atoms with Crippen LogP contribution < -0.4 is 9.64 Å². The Morgan fingerprint density at radius 2 is 2.06 bits per heavy atom. The molecule has 1 fully saturated rings. The molecule has 5 rings (SSSR count). The minimum Gasteiger partial charge on any atom is -0.497 e. The molecule has 0 spiro atoms. The molecule has 0 radical (unpaired) electrons. The molecule has 2 atom stereocenters. The molecule has 174 valence electrons. The van der Waals surface area contributed by atoms with Crippen molar-refractivity contribution in [2.45, 2.75) is 39.0 Å². The number of ether oxygens (including phenoxy) is 2. The summed E-state index contributed by atoms with van der Waals surface area (Å²) in [5.74, 6) is 1.54. The highest BCUT2D eigenvalue weighted by atomic mass is 16.5. The van der Waals surface area contributed by atoms with Gasteiger partial charge in [-0.3, -0.25) is 5.10 Å². The van der Waals surface area contributed by atoms with Gasteiger partial charge in [-0.1, -0.05) is 0 Å². The Labute approximate surface area is 193 Å². The maximum Gasteiger partial charge on any atom is 0.159 e. The van der Waals surface area contributed by atoms with E-state index in [2.05, 4.69) is 71.0 Å². The standard InChI is InChI=1S/C25H32N6O2/c1-15(2)30(4)12-19-13-31(16(3)14-33-19)17-6-8-22-23(10-17)27-25(26-22)24-20-11-18(32-5)7-9-21(20)28-29-24/h6-11,15-16,19H,12-14H2,1-5H3,(H,26,27)(H,28,29)/t16-,19-/m1/s1. The molecule has 0 unspecified atom stereocenters. The van der Waals surface area contributed by atoms with E-state index in [1.165, 1.54) is 5.69 Å². The van der Waals surface area contributed by atoms with Gasteiger partial charge in [0.05, 0.1) is 36.4 Å². The SMILES string of the molecule is COc1ccc2[nH]nc(-c3nc4ccc(N5C[C@@H](CN(C)C(C)C)OC[C@H]5C)cc4[nH]3)c2c1. The summed E-state index contributed by atoms with van der Waals surface area (Å²) in [6.07, 6.45) is 0.187. The molecule has 33 heavy (non-hydrogen) atoms. The molecule has 3 heterocycles. The third-order valence-electron chi connectivity index (χ3n) is 6.67. The summed E-state index contributed by atoms with van der Waals surface area (Å²) in [5, 5.41) is 8.57. The summed E-state index contributed by atoms with van der Waals surface area (Å²) in [6, 6.07) is 13.1. The zero-order chi connectivity index (χ0) is 23.1. The highest BCUT2D eigenvalue weighted by Gasteiger charge is 2.28. The molecule has 0 saturated carbocycles. The number of morpholine rings is 1. The lowest BCUT2D eigenvalue weighted by molar-refractivity contribution is 0.000769. The summed E-state index contributed by atoms with van der Waals surface area (Å²) in [6.45, 7) is 9.16. The van der Waals surface area contributed by atoms with E-state index < -0.39 is 0 Å². The van der Waals surface area contributed by atoms with Crippen LogP contribution in [0.5, 0.6) is 5.75 Å². The van der Waals surface area contributed by atoms with Crippen molar-refractivity contribution in [3.05, 3.63) is 36.4 Å². The number of aromatic amines is 2. The van der Waals surface area contributed by atoms with Crippen molar-refractivity contribution in [3.63, 3.8) is 0 Å². The molecule has 2 aromatic heterocycles. The third-order valence-corrected chi connectivity index (χ3v) is 6.67. The van der Waals surface area contributed by atoms with Gasteiger partial charge in [-0.15, -0.1) is 0 Å². The van der Waals surface area contributed by atoms with Gasteiger partial charge in [0, 0.05) is 36.2 Å². The van der Waals surface area contributed by atoms with Crippen LogP contribution in [0.3, 0.4) is 0 Å². The molecular formula is C25H32N6O2. The van der Waals surface area contributed by atoms with Crippen molar-refractivity contribution in [1.82, 2.24) is 25.1 Å². The Kier molecular flexibility index (Phi) is 5.72. The van der Waals surface area contributed by atoms with Crippen molar-refractivity contribution in [2.75, 3.05) is 38.8 Å². The zero-order valence-electron chi connectivity index (χ0n) is 19.9. The van der Waals surface area contributed by atoms with Crippen LogP contribution in [0.4, 0.5) is 5.69 Å². The van der Waals surface area contributed by atoms with Gasteiger partial charge in [0.25, 0.3) is 0 Å². The second-order valence-corrected chi connectivity index (χ2v) is 9.26. The van der Waals surface area contributed by atoms with Crippen LogP contribution in [-0.2, 0) is 4.74 Å². The average molecular weight is 449 g/mol. The molecular weight excluding hydrogens is 416 g/mol. The monoisotopic (exact) mass is 448 g/mol. The summed E-state index contributed by atoms with van der Waals surface area (Å²) in [7, 11) is 3.82. The molecule has 2 N–H and O–H groups in total. The number of methoxy groups -OCH3 is 1. The molecule has 1 saturated heterocycles. The smallest absolute Gasteiger partial charge is 0.159 e. The van der Waals surface area contributed by atoms with E-state index >= 15 is 0 Å². The fourth-order valence-corrected chi connectivity index (χ4v) is 4.41. The Morgan fingerprint density at radius 3 is 2.85 bits per heavy atom. The number of likely N-dealkylation sites (N-methyl/N-ethyl adjacent to an activating group) is 1. The molecule has 4 aromatic rings. The summed E-state index contributed by atoms with van der Waals surface area (Å²) in [5.41, 5.74) is 4.84. The van der Waals surface area contributed by atoms with Gasteiger partial charge >= 0.3 is 0 Å². The maximum absolute atomic E-state index is 6.14. The molecule has 0 aliphatic carbocycles. The first-order valence-corrected chi connectivity index (χ1v) is 11.5. The van der Waals surface area contributed by atoms with Crippen LogP contribution in [0.25, 0.3) is 33.5 Å². The Bertz CT molecular complexity index is 1260. The summed E-state index contributed by atoms with van der Waals surface area (Å²) >= 11 is 0. The van der Waals surface area contributed by atoms with Gasteiger partial charge in [-0.05, 0) is 64.2 Å². The van der Waals surface area contributed by atoms with E-state index in [0.717, 1.165) is 58.9 Å². The number of rotatable bonds is 6. The van der Waals surface area contributed by atoms with E-state index in [1.54, 1.807) is 7.11 Å². The van der Waals surface area contributed by atoms with Crippen molar-refractivity contribution >= 4 is 27.6 Å². The van der Waals surface area contributed by atoms with E-state index in [4.69, 9.17) is 14.5 Å². The maximum atomic E-state index is 6.14. The highest BCUT2D eigenvalue weighted by molar-refractivity contribution is 5.94. The third kappa shape index (κ3) is 4.16. The molecule has 1 aliphatic heterocycles. The van der Waals surface area contributed by atoms with Crippen LogP contribution in [-0.4, -0.2) is 77.1 Å². The highest BCUT2D eigenvalue weighted by Crippen LogP contribution is 2.31. The summed E-state index contributed by atoms with van der Waals surface area (Å²) < 4.78 is 11.5. The van der Waals surface area contributed by atoms with Gasteiger partial charge in [-0.2, -0.15) is 5.10 Å². The van der Waals surface area contributed by atoms with Gasteiger partial charge < -0.3 is 24.3 Å². The van der Waals surface area contributed by atoms with Crippen LogP contribution >= 0.6 is 0 Å². The van der Waals surface area contributed by atoms with Crippen molar-refractivity contribution < 1.29 is 9.47 Å². The van der Waals surface area contributed by atoms with Gasteiger partial charge in [0.2, 0.25) is 0 Å². The van der Waals surface area contributed by atoms with Gasteiger partial charge in [0.15, 0.2) is 5.82 Å². The average Bonchev–Trinajstić information content (AvgIpc) is 3.42. The second-order valence-electron chi connectivity index (χ2n) is 9.26. The van der Waals surface area contributed by atoms with Crippen LogP contribution in [0.1, 0.15) is 20.8 Å². The molecule has 0 amide bonds. The number of aromatic nitrogens is 4. The fourth-order valence-electron chi connectivity index (χ4n) is 4.41. The number of H-pyrrole nitrogens is 2. The fraction of sp³-hybridized carbons (Fsp3) is 0.440. The lowest BCUT2D eigenvalue weighted by Gasteiger charge is -2.41. The number of imidazole rings is 1. The largest absolute Gasteiger partial charge is 0.497 e. The van der Waals surface area contributed by atoms with Crippen LogP contribution in [0.15, 0.2) is 36.4 Å². The van der Waals surface area contributed by atoms with Gasteiger partial charge in [0.1, 0.15) is 11.4 Å². The van der Waals surface area contributed by atoms with Gasteiger partial charge in [-0.25, -0.2) is 4.98 Å².